The molecule has 7 nitrogen and oxygen atoms in total. The largest absolute Gasteiger partial charge is 0.354 e. The number of quaternary nitrogens is 1. The number of amides is 3. The molecule has 0 radical (unpaired) electrons. The highest BCUT2D eigenvalue weighted by atomic mass is 16.2. The molecule has 2 rings (SSSR count). The van der Waals surface area contributed by atoms with E-state index in [0.29, 0.717) is 11.3 Å². The lowest BCUT2D eigenvalue weighted by molar-refractivity contribution is -0.632. The van der Waals surface area contributed by atoms with Crippen molar-refractivity contribution in [3.8, 4) is 0 Å². The van der Waals surface area contributed by atoms with Crippen LogP contribution in [0.5, 0.6) is 0 Å². The van der Waals surface area contributed by atoms with Crippen LogP contribution in [-0.4, -0.2) is 37.9 Å². The minimum Gasteiger partial charge on any atom is -0.354 e. The van der Waals surface area contributed by atoms with Crippen LogP contribution in [-0.2, 0) is 9.59 Å². The summed E-state index contributed by atoms with van der Waals surface area (Å²) in [6.07, 6.45) is 0. The van der Waals surface area contributed by atoms with Gasteiger partial charge in [0.05, 0.1) is 17.3 Å². The highest BCUT2D eigenvalue weighted by Gasteiger charge is 2.16. The number of hydrogen-bond acceptors (Lipinski definition) is 3. The van der Waals surface area contributed by atoms with E-state index in [2.05, 4.69) is 16.0 Å². The van der Waals surface area contributed by atoms with Gasteiger partial charge >= 0.3 is 0 Å². The lowest BCUT2D eigenvalue weighted by Gasteiger charge is -2.16. The molecule has 0 heterocycles. The minimum atomic E-state index is -0.282. The van der Waals surface area contributed by atoms with Gasteiger partial charge in [-0.25, -0.2) is 0 Å². The molecule has 0 aliphatic heterocycles. The molecule has 0 saturated heterocycles. The zero-order chi connectivity index (χ0) is 19.6. The number of nitrogens with two attached hydrogens (primary N) is 1. The van der Waals surface area contributed by atoms with Crippen molar-refractivity contribution >= 4 is 23.4 Å². The number of carbonyl (C=O) groups excluding carboxylic acids is 3. The Bertz CT molecular complexity index is 793. The molecule has 3 amide bonds. The second-order valence-corrected chi connectivity index (χ2v) is 6.07. The molecular formula is C20H25N4O3+. The van der Waals surface area contributed by atoms with Crippen LogP contribution in [0, 0.1) is 0 Å². The van der Waals surface area contributed by atoms with Gasteiger partial charge < -0.3 is 21.3 Å². The van der Waals surface area contributed by atoms with Crippen LogP contribution in [0.25, 0.3) is 0 Å². The maximum atomic E-state index is 12.6. The lowest BCUT2D eigenvalue weighted by atomic mass is 10.1. The molecule has 2 aromatic rings. The van der Waals surface area contributed by atoms with Crippen molar-refractivity contribution in [1.29, 1.82) is 0 Å². The molecule has 5 N–H and O–H groups in total. The standard InChI is InChI=1S/C20H24N4O3/c1-14(15-8-4-3-5-9-15)23-20(27)16-10-6-7-11-17(16)24-19(26)13-22-12-18(25)21-2/h3-11,14,22H,12-13H2,1-2H3,(H,21,25)(H,23,27)(H,24,26)/p+1/t14-/m1/s1. The first-order valence-corrected chi connectivity index (χ1v) is 8.78. The highest BCUT2D eigenvalue weighted by molar-refractivity contribution is 6.04. The van der Waals surface area contributed by atoms with Crippen LogP contribution >= 0.6 is 0 Å². The quantitative estimate of drug-likeness (QED) is 0.542. The van der Waals surface area contributed by atoms with Crippen molar-refractivity contribution < 1.29 is 19.7 Å². The molecule has 0 spiro atoms. The maximum absolute atomic E-state index is 12.6. The summed E-state index contributed by atoms with van der Waals surface area (Å²) in [4.78, 5) is 35.9. The molecular weight excluding hydrogens is 344 g/mol. The van der Waals surface area contributed by atoms with Gasteiger partial charge in [0.1, 0.15) is 0 Å². The number of rotatable bonds is 8. The van der Waals surface area contributed by atoms with E-state index in [-0.39, 0.29) is 36.9 Å². The average Bonchev–Trinajstić information content (AvgIpc) is 2.68. The Balaban J connectivity index is 1.98. The zero-order valence-electron chi connectivity index (χ0n) is 15.5. The van der Waals surface area contributed by atoms with Crippen molar-refractivity contribution in [2.45, 2.75) is 13.0 Å². The van der Waals surface area contributed by atoms with Gasteiger partial charge in [-0.05, 0) is 24.6 Å². The Morgan fingerprint density at radius 2 is 1.56 bits per heavy atom. The van der Waals surface area contributed by atoms with Crippen molar-refractivity contribution in [1.82, 2.24) is 10.6 Å². The monoisotopic (exact) mass is 369 g/mol. The summed E-state index contributed by atoms with van der Waals surface area (Å²) in [5, 5.41) is 9.76. The van der Waals surface area contributed by atoms with Gasteiger partial charge in [-0.15, -0.1) is 0 Å². The molecule has 2 aromatic carbocycles. The Morgan fingerprint density at radius 3 is 2.26 bits per heavy atom. The van der Waals surface area contributed by atoms with Gasteiger partial charge in [0.25, 0.3) is 17.7 Å². The third kappa shape index (κ3) is 6.23. The number of likely N-dealkylation sites (N-methyl/N-ethyl adjacent to an activating group) is 1. The number of anilines is 1. The minimum absolute atomic E-state index is 0.0871. The molecule has 0 aromatic heterocycles. The number of carbonyl (C=O) groups is 3. The smallest absolute Gasteiger partial charge is 0.279 e. The Hall–Kier alpha value is -3.19. The normalized spacial score (nSPS) is 11.3. The van der Waals surface area contributed by atoms with Crippen LogP contribution in [0.2, 0.25) is 0 Å². The van der Waals surface area contributed by atoms with Crippen LogP contribution < -0.4 is 21.3 Å². The van der Waals surface area contributed by atoms with Crippen LogP contribution in [0.4, 0.5) is 5.69 Å². The topological polar surface area (TPSA) is 104 Å². The lowest BCUT2D eigenvalue weighted by Crippen LogP contribution is -2.88. The molecule has 142 valence electrons. The summed E-state index contributed by atoms with van der Waals surface area (Å²) < 4.78 is 0. The van der Waals surface area contributed by atoms with E-state index in [1.807, 2.05) is 37.3 Å². The SMILES string of the molecule is CNC(=O)C[NH2+]CC(=O)Nc1ccccc1C(=O)N[C@H](C)c1ccccc1. The van der Waals surface area contributed by atoms with Gasteiger partial charge in [-0.3, -0.25) is 14.4 Å². The molecule has 27 heavy (non-hydrogen) atoms. The van der Waals surface area contributed by atoms with Crippen molar-refractivity contribution in [3.63, 3.8) is 0 Å². The summed E-state index contributed by atoms with van der Waals surface area (Å²) >= 11 is 0. The van der Waals surface area contributed by atoms with Gasteiger partial charge in [0, 0.05) is 7.05 Å². The number of hydrogen-bond donors (Lipinski definition) is 4. The van der Waals surface area contributed by atoms with E-state index in [9.17, 15) is 14.4 Å². The third-order valence-corrected chi connectivity index (χ3v) is 4.03. The number of para-hydroxylation sites is 1. The highest BCUT2D eigenvalue weighted by Crippen LogP contribution is 2.17. The first-order chi connectivity index (χ1) is 13.0. The van der Waals surface area contributed by atoms with Crippen molar-refractivity contribution in [2.24, 2.45) is 0 Å². The summed E-state index contributed by atoms with van der Waals surface area (Å²) in [5.74, 6) is -0.704. The fourth-order valence-electron chi connectivity index (χ4n) is 2.53. The van der Waals surface area contributed by atoms with E-state index >= 15 is 0 Å². The first-order valence-electron chi connectivity index (χ1n) is 8.78. The third-order valence-electron chi connectivity index (χ3n) is 4.03. The Kier molecular flexibility index (Phi) is 7.51. The van der Waals surface area contributed by atoms with Gasteiger partial charge in [-0.2, -0.15) is 0 Å². The second kappa shape index (κ2) is 10.1. The molecule has 0 saturated carbocycles. The average molecular weight is 369 g/mol. The van der Waals surface area contributed by atoms with E-state index in [0.717, 1.165) is 5.56 Å². The predicted octanol–water partition coefficient (Wildman–Crippen LogP) is 0.426. The number of nitrogens with one attached hydrogen (secondary N) is 3. The number of benzene rings is 2. The molecule has 1 atom stereocenters. The fourth-order valence-corrected chi connectivity index (χ4v) is 2.53. The van der Waals surface area contributed by atoms with Crippen LogP contribution in [0.3, 0.4) is 0 Å². The molecule has 0 fully saturated rings. The van der Waals surface area contributed by atoms with Gasteiger partial charge in [0.15, 0.2) is 13.1 Å². The Labute approximate surface area is 158 Å². The zero-order valence-corrected chi connectivity index (χ0v) is 15.5. The summed E-state index contributed by atoms with van der Waals surface area (Å²) in [6, 6.07) is 16.3. The van der Waals surface area contributed by atoms with E-state index < -0.39 is 0 Å². The second-order valence-electron chi connectivity index (χ2n) is 6.07. The van der Waals surface area contributed by atoms with Crippen LogP contribution in [0.15, 0.2) is 54.6 Å². The van der Waals surface area contributed by atoms with Crippen molar-refractivity contribution in [2.75, 3.05) is 25.5 Å². The van der Waals surface area contributed by atoms with Crippen LogP contribution in [0.1, 0.15) is 28.9 Å². The molecule has 0 unspecified atom stereocenters. The van der Waals surface area contributed by atoms with Crippen molar-refractivity contribution in [3.05, 3.63) is 65.7 Å². The fraction of sp³-hybridized carbons (Fsp3) is 0.250. The Morgan fingerprint density at radius 1 is 0.926 bits per heavy atom. The summed E-state index contributed by atoms with van der Waals surface area (Å²) in [6.45, 7) is 2.16. The molecule has 7 heteroatoms. The van der Waals surface area contributed by atoms with Gasteiger partial charge in [0.2, 0.25) is 0 Å². The van der Waals surface area contributed by atoms with E-state index in [1.54, 1.807) is 36.6 Å². The summed E-state index contributed by atoms with van der Waals surface area (Å²) in [5.41, 5.74) is 1.82. The molecule has 0 aliphatic rings. The predicted molar refractivity (Wildman–Crippen MR) is 103 cm³/mol. The maximum Gasteiger partial charge on any atom is 0.279 e. The van der Waals surface area contributed by atoms with E-state index in [4.69, 9.17) is 0 Å². The first kappa shape index (κ1) is 20.1. The van der Waals surface area contributed by atoms with E-state index in [1.165, 1.54) is 0 Å². The molecule has 0 bridgehead atoms. The molecule has 0 aliphatic carbocycles. The summed E-state index contributed by atoms with van der Waals surface area (Å²) in [7, 11) is 1.54. The van der Waals surface area contributed by atoms with Gasteiger partial charge in [-0.1, -0.05) is 42.5 Å².